The molecule has 0 aliphatic rings. The Morgan fingerprint density at radius 3 is 3.18 bits per heavy atom. The minimum absolute atomic E-state index is 0.0158. The number of carbonyl (C=O) groups excluding carboxylic acids is 1. The summed E-state index contributed by atoms with van der Waals surface area (Å²) in [6, 6.07) is 0. The van der Waals surface area contributed by atoms with E-state index < -0.39 is 0 Å². The smallest absolute Gasteiger partial charge is 0.244 e. The first-order chi connectivity index (χ1) is 8.26. The molecule has 1 rings (SSSR count). The molecule has 0 bridgehead atoms. The summed E-state index contributed by atoms with van der Waals surface area (Å²) < 4.78 is 1.53. The molecule has 94 valence electrons. The van der Waals surface area contributed by atoms with E-state index in [0.717, 1.165) is 0 Å². The average molecular weight is 239 g/mol. The van der Waals surface area contributed by atoms with Gasteiger partial charge in [0.05, 0.1) is 25.9 Å². The lowest BCUT2D eigenvalue weighted by Gasteiger charge is -1.97. The SMILES string of the molecule is CNC/C=C/C(=O)NCc1cn(CCO)nn1. The van der Waals surface area contributed by atoms with Gasteiger partial charge in [-0.05, 0) is 7.05 Å². The van der Waals surface area contributed by atoms with Gasteiger partial charge in [0.2, 0.25) is 5.91 Å². The molecule has 0 saturated heterocycles. The van der Waals surface area contributed by atoms with Gasteiger partial charge in [-0.3, -0.25) is 4.79 Å². The Bertz CT molecular complexity index is 375. The molecule has 1 amide bonds. The Labute approximate surface area is 99.5 Å². The maximum atomic E-state index is 11.3. The number of aromatic nitrogens is 3. The maximum Gasteiger partial charge on any atom is 0.244 e. The number of carbonyl (C=O) groups is 1. The molecule has 7 heteroatoms. The topological polar surface area (TPSA) is 92.1 Å². The third kappa shape index (κ3) is 5.23. The molecule has 3 N–H and O–H groups in total. The third-order valence-corrected chi connectivity index (χ3v) is 1.95. The zero-order chi connectivity index (χ0) is 12.5. The first-order valence-corrected chi connectivity index (χ1v) is 5.35. The summed E-state index contributed by atoms with van der Waals surface area (Å²) in [6.07, 6.45) is 4.89. The Morgan fingerprint density at radius 2 is 2.47 bits per heavy atom. The van der Waals surface area contributed by atoms with Crippen LogP contribution in [0.5, 0.6) is 0 Å². The van der Waals surface area contributed by atoms with Crippen molar-refractivity contribution in [1.29, 1.82) is 0 Å². The second-order valence-electron chi connectivity index (χ2n) is 3.37. The van der Waals surface area contributed by atoms with Crippen LogP contribution in [-0.2, 0) is 17.9 Å². The fourth-order valence-corrected chi connectivity index (χ4v) is 1.15. The summed E-state index contributed by atoms with van der Waals surface area (Å²) in [7, 11) is 1.81. The van der Waals surface area contributed by atoms with Gasteiger partial charge < -0.3 is 15.7 Å². The minimum atomic E-state index is -0.169. The van der Waals surface area contributed by atoms with Gasteiger partial charge in [-0.25, -0.2) is 4.68 Å². The van der Waals surface area contributed by atoms with E-state index in [1.807, 2.05) is 7.05 Å². The van der Waals surface area contributed by atoms with Crippen LogP contribution >= 0.6 is 0 Å². The summed E-state index contributed by atoms with van der Waals surface area (Å²) in [4.78, 5) is 11.3. The van der Waals surface area contributed by atoms with Gasteiger partial charge in [-0.2, -0.15) is 0 Å². The number of nitrogens with one attached hydrogen (secondary N) is 2. The Hall–Kier alpha value is -1.73. The summed E-state index contributed by atoms with van der Waals surface area (Å²) in [5.41, 5.74) is 0.661. The van der Waals surface area contributed by atoms with Crippen LogP contribution in [-0.4, -0.2) is 46.2 Å². The van der Waals surface area contributed by atoms with Crippen molar-refractivity contribution in [2.24, 2.45) is 0 Å². The van der Waals surface area contributed by atoms with Crippen LogP contribution in [0.2, 0.25) is 0 Å². The van der Waals surface area contributed by atoms with E-state index in [2.05, 4.69) is 20.9 Å². The molecule has 0 aliphatic carbocycles. The zero-order valence-electron chi connectivity index (χ0n) is 9.76. The van der Waals surface area contributed by atoms with Crippen molar-refractivity contribution in [3.63, 3.8) is 0 Å². The highest BCUT2D eigenvalue weighted by Crippen LogP contribution is 1.92. The fourth-order valence-electron chi connectivity index (χ4n) is 1.15. The molecule has 1 heterocycles. The Kier molecular flexibility index (Phi) is 5.91. The average Bonchev–Trinajstić information content (AvgIpc) is 2.75. The highest BCUT2D eigenvalue weighted by atomic mass is 16.3. The first kappa shape index (κ1) is 13.3. The molecular formula is C10H17N5O2. The maximum absolute atomic E-state index is 11.3. The number of aliphatic hydroxyl groups excluding tert-OH is 1. The van der Waals surface area contributed by atoms with Crippen molar-refractivity contribution >= 4 is 5.91 Å². The number of hydrogen-bond donors (Lipinski definition) is 3. The van der Waals surface area contributed by atoms with Crippen molar-refractivity contribution in [3.8, 4) is 0 Å². The molecule has 0 saturated carbocycles. The number of nitrogens with zero attached hydrogens (tertiary/aromatic N) is 3. The van der Waals surface area contributed by atoms with E-state index in [-0.39, 0.29) is 12.5 Å². The van der Waals surface area contributed by atoms with Crippen LogP contribution in [0.15, 0.2) is 18.3 Å². The van der Waals surface area contributed by atoms with Crippen molar-refractivity contribution in [2.45, 2.75) is 13.1 Å². The molecule has 0 fully saturated rings. The van der Waals surface area contributed by atoms with Gasteiger partial charge in [0.15, 0.2) is 0 Å². The number of amides is 1. The number of hydrogen-bond acceptors (Lipinski definition) is 5. The third-order valence-electron chi connectivity index (χ3n) is 1.95. The first-order valence-electron chi connectivity index (χ1n) is 5.35. The Balaban J connectivity index is 2.31. The van der Waals surface area contributed by atoms with E-state index >= 15 is 0 Å². The second kappa shape index (κ2) is 7.53. The second-order valence-corrected chi connectivity index (χ2v) is 3.37. The number of rotatable bonds is 7. The molecule has 0 aliphatic heterocycles. The standard InChI is InChI=1S/C10H17N5O2/c1-11-4-2-3-10(17)12-7-9-8-15(5-6-16)14-13-9/h2-3,8,11,16H,4-7H2,1H3,(H,12,17)/b3-2+. The van der Waals surface area contributed by atoms with Crippen LogP contribution in [0.3, 0.4) is 0 Å². The minimum Gasteiger partial charge on any atom is -0.394 e. The van der Waals surface area contributed by atoms with Gasteiger partial charge in [0, 0.05) is 12.6 Å². The highest BCUT2D eigenvalue weighted by Gasteiger charge is 2.01. The van der Waals surface area contributed by atoms with Crippen LogP contribution in [0.4, 0.5) is 0 Å². The van der Waals surface area contributed by atoms with Crippen LogP contribution in [0.1, 0.15) is 5.69 Å². The summed E-state index contributed by atoms with van der Waals surface area (Å²) >= 11 is 0. The molecule has 7 nitrogen and oxygen atoms in total. The van der Waals surface area contributed by atoms with E-state index in [1.165, 1.54) is 10.8 Å². The molecule has 0 spiro atoms. The van der Waals surface area contributed by atoms with Gasteiger partial charge >= 0.3 is 0 Å². The van der Waals surface area contributed by atoms with Gasteiger partial charge in [-0.1, -0.05) is 11.3 Å². The van der Waals surface area contributed by atoms with E-state index in [9.17, 15) is 4.79 Å². The van der Waals surface area contributed by atoms with Gasteiger partial charge in [0.1, 0.15) is 5.69 Å². The quantitative estimate of drug-likeness (QED) is 0.512. The fraction of sp³-hybridized carbons (Fsp3) is 0.500. The van der Waals surface area contributed by atoms with Crippen molar-refractivity contribution < 1.29 is 9.90 Å². The van der Waals surface area contributed by atoms with Crippen molar-refractivity contribution in [1.82, 2.24) is 25.6 Å². The molecule has 0 atom stereocenters. The van der Waals surface area contributed by atoms with Crippen molar-refractivity contribution in [2.75, 3.05) is 20.2 Å². The molecule has 0 unspecified atom stereocenters. The van der Waals surface area contributed by atoms with Crippen LogP contribution in [0, 0.1) is 0 Å². The summed E-state index contributed by atoms with van der Waals surface area (Å²) in [5.74, 6) is -0.169. The summed E-state index contributed by atoms with van der Waals surface area (Å²) in [6.45, 7) is 1.40. The predicted octanol–water partition coefficient (Wildman–Crippen LogP) is -1.34. The number of likely N-dealkylation sites (N-methyl/N-ethyl adjacent to an activating group) is 1. The summed E-state index contributed by atoms with van der Waals surface area (Å²) in [5, 5.41) is 21.9. The lowest BCUT2D eigenvalue weighted by molar-refractivity contribution is -0.116. The van der Waals surface area contributed by atoms with Crippen LogP contribution in [0.25, 0.3) is 0 Å². The molecule has 0 radical (unpaired) electrons. The van der Waals surface area contributed by atoms with E-state index in [1.54, 1.807) is 12.3 Å². The largest absolute Gasteiger partial charge is 0.394 e. The lowest BCUT2D eigenvalue weighted by Crippen LogP contribution is -2.21. The molecule has 1 aromatic rings. The monoisotopic (exact) mass is 239 g/mol. The van der Waals surface area contributed by atoms with E-state index in [4.69, 9.17) is 5.11 Å². The van der Waals surface area contributed by atoms with Crippen molar-refractivity contribution in [3.05, 3.63) is 24.0 Å². The molecule has 17 heavy (non-hydrogen) atoms. The number of aliphatic hydroxyl groups is 1. The highest BCUT2D eigenvalue weighted by molar-refractivity contribution is 5.87. The normalized spacial score (nSPS) is 10.9. The van der Waals surface area contributed by atoms with E-state index in [0.29, 0.717) is 25.3 Å². The van der Waals surface area contributed by atoms with Crippen LogP contribution < -0.4 is 10.6 Å². The predicted molar refractivity (Wildman–Crippen MR) is 62.0 cm³/mol. The molecule has 0 aromatic carbocycles. The molecular weight excluding hydrogens is 222 g/mol. The zero-order valence-corrected chi connectivity index (χ0v) is 9.76. The van der Waals surface area contributed by atoms with Gasteiger partial charge in [0.25, 0.3) is 0 Å². The molecule has 1 aromatic heterocycles. The Morgan fingerprint density at radius 1 is 1.65 bits per heavy atom. The lowest BCUT2D eigenvalue weighted by atomic mass is 10.4. The van der Waals surface area contributed by atoms with Gasteiger partial charge in [-0.15, -0.1) is 5.10 Å².